The first-order valence-electron chi connectivity index (χ1n) is 19.0. The summed E-state index contributed by atoms with van der Waals surface area (Å²) in [5.41, 5.74) is 5.44. The Balaban J connectivity index is 1.57. The number of ether oxygens (including phenoxy) is 3. The van der Waals surface area contributed by atoms with Crippen molar-refractivity contribution in [1.82, 2.24) is 19.5 Å². The minimum Gasteiger partial charge on any atom is -0.468 e. The Morgan fingerprint density at radius 2 is 1.75 bits per heavy atom. The number of hydrogen-bond donors (Lipinski definition) is 1. The molecule has 1 fully saturated rings. The van der Waals surface area contributed by atoms with E-state index < -0.39 is 29.3 Å². The lowest BCUT2D eigenvalue weighted by molar-refractivity contribution is -0.0123. The summed E-state index contributed by atoms with van der Waals surface area (Å²) in [6.07, 6.45) is 1.53. The first kappa shape index (κ1) is 41.2. The van der Waals surface area contributed by atoms with Gasteiger partial charge in [-0.1, -0.05) is 83.9 Å². The van der Waals surface area contributed by atoms with Crippen LogP contribution in [0.2, 0.25) is 16.6 Å². The van der Waals surface area contributed by atoms with Crippen LogP contribution in [0.5, 0.6) is 5.75 Å². The Bertz CT molecular complexity index is 2350. The van der Waals surface area contributed by atoms with E-state index in [1.165, 1.54) is 19.5 Å². The normalized spacial score (nSPS) is 16.8. The second kappa shape index (κ2) is 16.6. The van der Waals surface area contributed by atoms with Gasteiger partial charge in [-0.3, -0.25) is 0 Å². The summed E-state index contributed by atoms with van der Waals surface area (Å²) in [4.78, 5) is 15.8. The molecular weight excluding hydrogens is 750 g/mol. The van der Waals surface area contributed by atoms with Crippen LogP contribution in [0.15, 0.2) is 66.0 Å². The van der Waals surface area contributed by atoms with E-state index in [0.29, 0.717) is 51.0 Å². The van der Waals surface area contributed by atoms with Crippen LogP contribution < -0.4 is 9.64 Å². The molecule has 1 atom stereocenters. The van der Waals surface area contributed by atoms with Gasteiger partial charge in [-0.2, -0.15) is 9.97 Å². The maximum atomic E-state index is 16.1. The number of aliphatic hydroxyl groups is 1. The van der Waals surface area contributed by atoms with Gasteiger partial charge in [-0.05, 0) is 58.3 Å². The summed E-state index contributed by atoms with van der Waals surface area (Å²) < 4.78 is 63.1. The highest BCUT2D eigenvalue weighted by Crippen LogP contribution is 2.41. The van der Waals surface area contributed by atoms with E-state index in [1.807, 2.05) is 18.2 Å². The molecule has 0 saturated carbocycles. The number of nitrogens with zero attached hydrogens (tertiary/aromatic N) is 5. The largest absolute Gasteiger partial charge is 0.468 e. The predicted molar refractivity (Wildman–Crippen MR) is 220 cm³/mol. The second-order valence-corrected chi connectivity index (χ2v) is 23.4. The average molecular weight is 802 g/mol. The number of rotatable bonds is 12. The number of hydrogen-bond acceptors (Lipinski definition) is 10. The highest BCUT2D eigenvalue weighted by molar-refractivity contribution is 7.90. The number of anilines is 1. The van der Waals surface area contributed by atoms with Crippen LogP contribution in [0.3, 0.4) is 0 Å². The summed E-state index contributed by atoms with van der Waals surface area (Å²) in [7, 11) is -4.76. The van der Waals surface area contributed by atoms with E-state index in [-0.39, 0.29) is 61.0 Å². The van der Waals surface area contributed by atoms with E-state index >= 15 is 4.39 Å². The van der Waals surface area contributed by atoms with Crippen molar-refractivity contribution in [3.8, 4) is 17.2 Å². The summed E-state index contributed by atoms with van der Waals surface area (Å²) in [6.45, 7) is 15.9. The highest BCUT2D eigenvalue weighted by Gasteiger charge is 2.42. The molecule has 1 saturated heterocycles. The molecule has 298 valence electrons. The Morgan fingerprint density at radius 3 is 2.43 bits per heavy atom. The van der Waals surface area contributed by atoms with Gasteiger partial charge in [-0.25, -0.2) is 17.8 Å². The maximum Gasteiger partial charge on any atom is 0.228 e. The fraction of sp³-hybridized carbons (Fsp3) is 0.452. The fourth-order valence-corrected chi connectivity index (χ4v) is 14.8. The first-order chi connectivity index (χ1) is 26.6. The van der Waals surface area contributed by atoms with Crippen molar-refractivity contribution in [2.45, 2.75) is 88.0 Å². The van der Waals surface area contributed by atoms with E-state index in [0.717, 1.165) is 5.39 Å². The molecular formula is C42H52FN5O6SSi. The van der Waals surface area contributed by atoms with Gasteiger partial charge >= 0.3 is 0 Å². The molecule has 1 aliphatic rings. The van der Waals surface area contributed by atoms with Crippen molar-refractivity contribution in [3.63, 3.8) is 0 Å². The number of fused-ring (bicyclic) bond motifs is 2. The number of sulfone groups is 1. The van der Waals surface area contributed by atoms with Crippen LogP contribution >= 0.6 is 0 Å². The monoisotopic (exact) mass is 801 g/mol. The Labute approximate surface area is 330 Å². The molecule has 1 unspecified atom stereocenters. The van der Waals surface area contributed by atoms with Gasteiger partial charge in [0.05, 0.1) is 43.9 Å². The summed E-state index contributed by atoms with van der Waals surface area (Å²) >= 11 is 0. The minimum atomic E-state index is -4.05. The molecule has 0 radical (unpaired) electrons. The molecule has 6 rings (SSSR count). The van der Waals surface area contributed by atoms with Crippen LogP contribution in [0.1, 0.15) is 65.2 Å². The lowest BCUT2D eigenvalue weighted by Gasteiger charge is -2.38. The zero-order valence-corrected chi connectivity index (χ0v) is 35.3. The van der Waals surface area contributed by atoms with Crippen molar-refractivity contribution in [2.75, 3.05) is 45.1 Å². The second-order valence-electron chi connectivity index (χ2n) is 15.9. The SMILES string of the molecule is COCOc1cc(Cn2cnc3c(S(=O)(=O)Cc4ccccc4)nc(N4CCOCC(C)(O)C4)nc32)c2c(C#C[Si](C(C)C)(C(C)C)C(C)C)c(F)ccc2c1. The van der Waals surface area contributed by atoms with E-state index in [9.17, 15) is 13.5 Å². The van der Waals surface area contributed by atoms with Crippen LogP contribution in [-0.4, -0.2) is 86.9 Å². The molecule has 0 bridgehead atoms. The zero-order chi connectivity index (χ0) is 40.4. The first-order valence-corrected chi connectivity index (χ1v) is 22.9. The van der Waals surface area contributed by atoms with Gasteiger partial charge in [0, 0.05) is 19.0 Å². The van der Waals surface area contributed by atoms with Gasteiger partial charge in [0.15, 0.2) is 17.5 Å². The van der Waals surface area contributed by atoms with Crippen LogP contribution in [0.4, 0.5) is 10.3 Å². The third-order valence-electron chi connectivity index (χ3n) is 10.7. The number of β-amino-alcohol motifs (C(OH)–C–C–N with tert-alkyl or cyclic N) is 1. The molecule has 0 spiro atoms. The van der Waals surface area contributed by atoms with E-state index in [1.54, 1.807) is 46.7 Å². The number of methoxy groups -OCH3 is 1. The van der Waals surface area contributed by atoms with Crippen molar-refractivity contribution in [3.05, 3.63) is 83.4 Å². The zero-order valence-electron chi connectivity index (χ0n) is 33.5. The fourth-order valence-electron chi connectivity index (χ4n) is 8.16. The number of imidazole rings is 1. The van der Waals surface area contributed by atoms with Gasteiger partial charge in [-0.15, -0.1) is 5.54 Å². The molecule has 2 aromatic heterocycles. The minimum absolute atomic E-state index is 0.000635. The van der Waals surface area contributed by atoms with Gasteiger partial charge in [0.25, 0.3) is 0 Å². The quantitative estimate of drug-likeness (QED) is 0.0595. The molecule has 14 heteroatoms. The molecule has 3 aromatic carbocycles. The molecule has 5 aromatic rings. The molecule has 1 aliphatic heterocycles. The molecule has 0 amide bonds. The summed E-state index contributed by atoms with van der Waals surface area (Å²) in [6, 6.07) is 15.7. The summed E-state index contributed by atoms with van der Waals surface area (Å²) in [5.74, 6) is 3.27. The number of aromatic nitrogens is 4. The van der Waals surface area contributed by atoms with E-state index in [4.69, 9.17) is 19.2 Å². The lowest BCUT2D eigenvalue weighted by Crippen LogP contribution is -2.43. The van der Waals surface area contributed by atoms with E-state index in [2.05, 4.69) is 63.0 Å². The van der Waals surface area contributed by atoms with Crippen molar-refractivity contribution in [2.24, 2.45) is 0 Å². The Morgan fingerprint density at radius 1 is 1.04 bits per heavy atom. The molecule has 3 heterocycles. The van der Waals surface area contributed by atoms with Gasteiger partial charge in [0.1, 0.15) is 30.8 Å². The average Bonchev–Trinajstić information content (AvgIpc) is 3.44. The van der Waals surface area contributed by atoms with Crippen molar-refractivity contribution in [1.29, 1.82) is 0 Å². The third kappa shape index (κ3) is 8.47. The van der Waals surface area contributed by atoms with Gasteiger partial charge < -0.3 is 28.8 Å². The van der Waals surface area contributed by atoms with Crippen LogP contribution in [0, 0.1) is 17.3 Å². The lowest BCUT2D eigenvalue weighted by atomic mass is 9.98. The topological polar surface area (TPSA) is 129 Å². The smallest absolute Gasteiger partial charge is 0.228 e. The predicted octanol–water partition coefficient (Wildman–Crippen LogP) is 7.28. The van der Waals surface area contributed by atoms with Crippen molar-refractivity contribution >= 4 is 45.8 Å². The Kier molecular flexibility index (Phi) is 12.2. The summed E-state index contributed by atoms with van der Waals surface area (Å²) in [5, 5.41) is 12.2. The molecule has 11 nitrogen and oxygen atoms in total. The molecule has 56 heavy (non-hydrogen) atoms. The van der Waals surface area contributed by atoms with Crippen LogP contribution in [0.25, 0.3) is 21.9 Å². The molecule has 0 aliphatic carbocycles. The highest BCUT2D eigenvalue weighted by atomic mass is 32.2. The maximum absolute atomic E-state index is 16.1. The van der Waals surface area contributed by atoms with Gasteiger partial charge in [0.2, 0.25) is 15.8 Å². The molecule has 1 N–H and O–H groups in total. The Hall–Kier alpha value is -4.39. The van der Waals surface area contributed by atoms with Crippen LogP contribution in [-0.2, 0) is 31.6 Å². The number of halogens is 1. The van der Waals surface area contributed by atoms with Crippen molar-refractivity contribution < 1.29 is 32.1 Å². The number of benzene rings is 3. The standard InChI is InChI=1S/C42H52FN5O6SSi/c1-28(2)56(29(3)4,30(5)6)19-16-35-36(43)15-14-32-20-34(54-27-52-8)21-33(37(32)35)22-48-26-44-38-39(48)45-41(47-17-18-53-25-42(7,49)24-47)46-40(38)55(50,51)23-31-12-10-9-11-13-31/h9-15,20-21,26,28-30,49H,17-18,22-25,27H2,1-8H3. The third-order valence-corrected chi connectivity index (χ3v) is 18.6.